The van der Waals surface area contributed by atoms with Gasteiger partial charge in [0.15, 0.2) is 0 Å². The molecule has 0 fully saturated rings. The topological polar surface area (TPSA) is 42.1 Å². The van der Waals surface area contributed by atoms with Gasteiger partial charge in [0, 0.05) is 36.1 Å². The van der Waals surface area contributed by atoms with Gasteiger partial charge in [0.25, 0.3) is 0 Å². The average Bonchev–Trinajstić information content (AvgIpc) is 3.01. The van der Waals surface area contributed by atoms with E-state index in [1.807, 2.05) is 17.5 Å². The monoisotopic (exact) mass is 295 g/mol. The molecule has 4 heteroatoms. The van der Waals surface area contributed by atoms with Crippen molar-refractivity contribution < 1.29 is 0 Å². The highest BCUT2D eigenvalue weighted by molar-refractivity contribution is 7.10. The molecule has 0 radical (unpaired) electrons. The Hall–Kier alpha value is -1.91. The first-order valence-electron chi connectivity index (χ1n) is 7.23. The van der Waals surface area contributed by atoms with Gasteiger partial charge in [-0.3, -0.25) is 0 Å². The number of rotatable bonds is 2. The zero-order valence-electron chi connectivity index (χ0n) is 11.7. The van der Waals surface area contributed by atoms with Crippen LogP contribution < -0.4 is 10.6 Å². The first-order chi connectivity index (χ1) is 10.4. The van der Waals surface area contributed by atoms with Crippen LogP contribution in [0, 0.1) is 0 Å². The fourth-order valence-electron chi connectivity index (χ4n) is 3.08. The Morgan fingerprint density at radius 2 is 2.05 bits per heavy atom. The zero-order chi connectivity index (χ0) is 14.2. The van der Waals surface area contributed by atoms with Gasteiger partial charge in [-0.1, -0.05) is 24.3 Å². The molecule has 4 rings (SSSR count). The predicted octanol–water partition coefficient (Wildman–Crippen LogP) is 3.32. The van der Waals surface area contributed by atoms with Crippen LogP contribution in [0.5, 0.6) is 0 Å². The molecule has 0 bridgehead atoms. The Morgan fingerprint density at radius 3 is 2.90 bits per heavy atom. The highest BCUT2D eigenvalue weighted by Gasteiger charge is 2.20. The molecule has 1 aliphatic rings. The van der Waals surface area contributed by atoms with Crippen LogP contribution in [0.1, 0.15) is 16.0 Å². The van der Waals surface area contributed by atoms with Crippen molar-refractivity contribution in [2.75, 3.05) is 11.4 Å². The third-order valence-electron chi connectivity index (χ3n) is 4.18. The molecule has 21 heavy (non-hydrogen) atoms. The number of anilines is 1. The second kappa shape index (κ2) is 5.13. The standard InChI is InChI=1S/C17H17N3S/c18-9-13-10-19-17(15-4-2-1-3-14(13)15)20-7-5-16-12(11-20)6-8-21-16/h1-4,6,8,10H,5,7,9,11,18H2. The van der Waals surface area contributed by atoms with Crippen LogP contribution in [0.15, 0.2) is 41.9 Å². The summed E-state index contributed by atoms with van der Waals surface area (Å²) < 4.78 is 0. The summed E-state index contributed by atoms with van der Waals surface area (Å²) in [5.41, 5.74) is 8.40. The second-order valence-electron chi connectivity index (χ2n) is 5.40. The van der Waals surface area contributed by atoms with Crippen LogP contribution in [0.3, 0.4) is 0 Å². The molecule has 3 aromatic rings. The Labute approximate surface area is 128 Å². The lowest BCUT2D eigenvalue weighted by molar-refractivity contribution is 0.735. The molecular weight excluding hydrogens is 278 g/mol. The Kier molecular flexibility index (Phi) is 3.13. The first kappa shape index (κ1) is 12.8. The highest BCUT2D eigenvalue weighted by atomic mass is 32.1. The number of nitrogens with zero attached hydrogens (tertiary/aromatic N) is 2. The minimum atomic E-state index is 0.530. The van der Waals surface area contributed by atoms with Gasteiger partial charge < -0.3 is 10.6 Å². The van der Waals surface area contributed by atoms with E-state index in [-0.39, 0.29) is 0 Å². The SMILES string of the molecule is NCc1cnc(N2CCc3sccc3C2)c2ccccc12. The number of nitrogens with two attached hydrogens (primary N) is 1. The normalized spacial score (nSPS) is 14.4. The molecule has 0 spiro atoms. The van der Waals surface area contributed by atoms with Crippen molar-refractivity contribution in [3.8, 4) is 0 Å². The van der Waals surface area contributed by atoms with Crippen molar-refractivity contribution in [3.63, 3.8) is 0 Å². The maximum Gasteiger partial charge on any atom is 0.136 e. The van der Waals surface area contributed by atoms with E-state index in [2.05, 4.69) is 40.6 Å². The van der Waals surface area contributed by atoms with E-state index in [0.29, 0.717) is 6.54 Å². The van der Waals surface area contributed by atoms with Gasteiger partial charge in [-0.25, -0.2) is 4.98 Å². The highest BCUT2D eigenvalue weighted by Crippen LogP contribution is 2.32. The number of benzene rings is 1. The molecule has 3 heterocycles. The van der Waals surface area contributed by atoms with Gasteiger partial charge in [0.1, 0.15) is 5.82 Å². The van der Waals surface area contributed by atoms with E-state index >= 15 is 0 Å². The molecule has 0 saturated heterocycles. The lowest BCUT2D eigenvalue weighted by Crippen LogP contribution is -2.30. The third kappa shape index (κ3) is 2.11. The van der Waals surface area contributed by atoms with Crippen molar-refractivity contribution in [2.45, 2.75) is 19.5 Å². The predicted molar refractivity (Wildman–Crippen MR) is 88.7 cm³/mol. The van der Waals surface area contributed by atoms with Gasteiger partial charge >= 0.3 is 0 Å². The Bertz CT molecular complexity index is 794. The quantitative estimate of drug-likeness (QED) is 0.788. The van der Waals surface area contributed by atoms with Crippen molar-refractivity contribution >= 4 is 27.9 Å². The van der Waals surface area contributed by atoms with Crippen molar-refractivity contribution in [3.05, 3.63) is 57.9 Å². The van der Waals surface area contributed by atoms with Crippen LogP contribution >= 0.6 is 11.3 Å². The molecule has 1 aliphatic heterocycles. The van der Waals surface area contributed by atoms with E-state index in [1.54, 1.807) is 0 Å². The summed E-state index contributed by atoms with van der Waals surface area (Å²) in [7, 11) is 0. The number of hydrogen-bond donors (Lipinski definition) is 1. The summed E-state index contributed by atoms with van der Waals surface area (Å²) in [5, 5.41) is 4.62. The van der Waals surface area contributed by atoms with Gasteiger partial charge in [-0.2, -0.15) is 0 Å². The van der Waals surface area contributed by atoms with E-state index < -0.39 is 0 Å². The van der Waals surface area contributed by atoms with Gasteiger partial charge in [-0.15, -0.1) is 11.3 Å². The molecule has 1 aromatic carbocycles. The van der Waals surface area contributed by atoms with Crippen LogP contribution in [0.25, 0.3) is 10.8 Å². The van der Waals surface area contributed by atoms with E-state index in [1.165, 1.54) is 21.2 Å². The largest absolute Gasteiger partial charge is 0.351 e. The summed E-state index contributed by atoms with van der Waals surface area (Å²) in [6.07, 6.45) is 3.04. The maximum absolute atomic E-state index is 5.84. The number of aromatic nitrogens is 1. The molecule has 2 aromatic heterocycles. The van der Waals surface area contributed by atoms with Crippen LogP contribution in [0.2, 0.25) is 0 Å². The summed E-state index contributed by atoms with van der Waals surface area (Å²) in [6.45, 7) is 2.52. The van der Waals surface area contributed by atoms with Crippen molar-refractivity contribution in [1.82, 2.24) is 4.98 Å². The first-order valence-corrected chi connectivity index (χ1v) is 8.11. The molecule has 0 unspecified atom stereocenters. The van der Waals surface area contributed by atoms with Gasteiger partial charge in [0.2, 0.25) is 0 Å². The van der Waals surface area contributed by atoms with Crippen molar-refractivity contribution in [2.24, 2.45) is 5.73 Å². The lowest BCUT2D eigenvalue weighted by atomic mass is 10.0. The molecule has 0 amide bonds. The van der Waals surface area contributed by atoms with Gasteiger partial charge in [-0.05, 0) is 34.4 Å². The van der Waals surface area contributed by atoms with Crippen LogP contribution in [-0.4, -0.2) is 11.5 Å². The Balaban J connectivity index is 1.81. The molecule has 0 aliphatic carbocycles. The van der Waals surface area contributed by atoms with Gasteiger partial charge in [0.05, 0.1) is 0 Å². The maximum atomic E-state index is 5.84. The van der Waals surface area contributed by atoms with Crippen molar-refractivity contribution in [1.29, 1.82) is 0 Å². The van der Waals surface area contributed by atoms with E-state index in [9.17, 15) is 0 Å². The lowest BCUT2D eigenvalue weighted by Gasteiger charge is -2.29. The molecule has 0 saturated carbocycles. The number of pyridine rings is 1. The fourth-order valence-corrected chi connectivity index (χ4v) is 3.97. The summed E-state index contributed by atoms with van der Waals surface area (Å²) in [6, 6.07) is 10.7. The number of hydrogen-bond acceptors (Lipinski definition) is 4. The third-order valence-corrected chi connectivity index (χ3v) is 5.21. The summed E-state index contributed by atoms with van der Waals surface area (Å²) in [4.78, 5) is 8.62. The number of fused-ring (bicyclic) bond motifs is 2. The summed E-state index contributed by atoms with van der Waals surface area (Å²) >= 11 is 1.87. The zero-order valence-corrected chi connectivity index (χ0v) is 12.6. The molecular formula is C17H17N3S. The second-order valence-corrected chi connectivity index (χ2v) is 6.40. The smallest absolute Gasteiger partial charge is 0.136 e. The fraction of sp³-hybridized carbons (Fsp3) is 0.235. The molecule has 0 atom stereocenters. The molecule has 3 nitrogen and oxygen atoms in total. The number of thiophene rings is 1. The minimum Gasteiger partial charge on any atom is -0.351 e. The molecule has 2 N–H and O–H groups in total. The Morgan fingerprint density at radius 1 is 1.19 bits per heavy atom. The minimum absolute atomic E-state index is 0.530. The summed E-state index contributed by atoms with van der Waals surface area (Å²) in [5.74, 6) is 1.08. The van der Waals surface area contributed by atoms with Crippen LogP contribution in [0.4, 0.5) is 5.82 Å². The van der Waals surface area contributed by atoms with E-state index in [4.69, 9.17) is 10.7 Å². The molecule has 106 valence electrons. The van der Waals surface area contributed by atoms with Crippen LogP contribution in [-0.2, 0) is 19.5 Å². The average molecular weight is 295 g/mol. The van der Waals surface area contributed by atoms with E-state index in [0.717, 1.165) is 30.9 Å².